The van der Waals surface area contributed by atoms with Crippen LogP contribution in [-0.2, 0) is 6.54 Å². The van der Waals surface area contributed by atoms with Crippen molar-refractivity contribution in [2.24, 2.45) is 0 Å². The zero-order chi connectivity index (χ0) is 16.6. The monoisotopic (exact) mass is 349 g/mol. The molecule has 0 aliphatic carbocycles. The lowest BCUT2D eigenvalue weighted by molar-refractivity contribution is 0.268. The van der Waals surface area contributed by atoms with Gasteiger partial charge in [0.2, 0.25) is 5.43 Å². The Labute approximate surface area is 144 Å². The summed E-state index contributed by atoms with van der Waals surface area (Å²) >= 11 is 11.9. The molecule has 2 aromatic carbocycles. The van der Waals surface area contributed by atoms with E-state index in [0.717, 1.165) is 12.1 Å². The van der Waals surface area contributed by atoms with Crippen LogP contribution in [0.15, 0.2) is 45.6 Å². The molecule has 1 aromatic heterocycles. The van der Waals surface area contributed by atoms with Gasteiger partial charge in [0.1, 0.15) is 11.2 Å². The summed E-state index contributed by atoms with van der Waals surface area (Å²) in [4.78, 5) is 14.8. The van der Waals surface area contributed by atoms with Crippen molar-refractivity contribution >= 4 is 45.1 Å². The summed E-state index contributed by atoms with van der Waals surface area (Å²) in [6, 6.07) is 11.0. The van der Waals surface area contributed by atoms with Gasteiger partial charge in [0.15, 0.2) is 0 Å². The topological polar surface area (TPSA) is 33.5 Å². The Morgan fingerprint density at radius 3 is 2.65 bits per heavy atom. The van der Waals surface area contributed by atoms with E-state index >= 15 is 0 Å². The number of hydrogen-bond acceptors (Lipinski definition) is 3. The fourth-order valence-corrected chi connectivity index (χ4v) is 2.93. The maximum atomic E-state index is 12.7. The molecule has 0 aliphatic rings. The summed E-state index contributed by atoms with van der Waals surface area (Å²) in [6.07, 6.45) is 0. The van der Waals surface area contributed by atoms with Crippen LogP contribution in [0.2, 0.25) is 5.02 Å². The van der Waals surface area contributed by atoms with Crippen molar-refractivity contribution < 1.29 is 4.42 Å². The molecule has 1 atom stereocenters. The fourth-order valence-electron chi connectivity index (χ4n) is 2.54. The van der Waals surface area contributed by atoms with Crippen molar-refractivity contribution in [3.05, 3.63) is 57.2 Å². The van der Waals surface area contributed by atoms with Gasteiger partial charge in [0.25, 0.3) is 0 Å². The maximum absolute atomic E-state index is 12.7. The first-order valence-corrected chi connectivity index (χ1v) is 8.32. The first kappa shape index (κ1) is 16.3. The van der Waals surface area contributed by atoms with Gasteiger partial charge >= 0.3 is 0 Å². The van der Waals surface area contributed by atoms with Gasteiger partial charge in [0.05, 0.1) is 10.8 Å². The van der Waals surface area contributed by atoms with Gasteiger partial charge in [-0.05, 0) is 43.8 Å². The summed E-state index contributed by atoms with van der Waals surface area (Å²) in [5.74, 6) is 0.567. The number of alkyl halides is 1. The molecule has 0 saturated heterocycles. The van der Waals surface area contributed by atoms with Crippen LogP contribution >= 0.6 is 23.2 Å². The van der Waals surface area contributed by atoms with E-state index in [0.29, 0.717) is 32.8 Å². The summed E-state index contributed by atoms with van der Waals surface area (Å²) in [7, 11) is 2.02. The highest BCUT2D eigenvalue weighted by atomic mass is 35.5. The predicted octanol–water partition coefficient (Wildman–Crippen LogP) is 4.66. The zero-order valence-corrected chi connectivity index (χ0v) is 14.5. The van der Waals surface area contributed by atoms with Crippen LogP contribution in [0.3, 0.4) is 0 Å². The highest BCUT2D eigenvalue weighted by Gasteiger charge is 2.12. The highest BCUT2D eigenvalue weighted by molar-refractivity contribution is 6.31. The Morgan fingerprint density at radius 2 is 1.91 bits per heavy atom. The van der Waals surface area contributed by atoms with E-state index in [1.807, 2.05) is 25.2 Å². The van der Waals surface area contributed by atoms with Gasteiger partial charge in [-0.2, -0.15) is 0 Å². The molecular formula is C18H17Cl2NO2. The predicted molar refractivity (Wildman–Crippen MR) is 96.6 cm³/mol. The van der Waals surface area contributed by atoms with E-state index in [2.05, 4.69) is 11.8 Å². The minimum atomic E-state index is -0.0344. The average molecular weight is 350 g/mol. The quantitative estimate of drug-likeness (QED) is 0.507. The van der Waals surface area contributed by atoms with Crippen LogP contribution in [0.5, 0.6) is 0 Å². The van der Waals surface area contributed by atoms with Crippen molar-refractivity contribution in [1.82, 2.24) is 4.90 Å². The number of nitrogens with zero attached hydrogens (tertiary/aromatic N) is 1. The largest absolute Gasteiger partial charge is 0.456 e. The number of benzene rings is 2. The molecule has 3 rings (SSSR count). The first-order chi connectivity index (χ1) is 11.0. The van der Waals surface area contributed by atoms with E-state index in [1.54, 1.807) is 18.2 Å². The molecular weight excluding hydrogens is 333 g/mol. The second-order valence-electron chi connectivity index (χ2n) is 5.82. The molecule has 120 valence electrons. The normalized spacial score (nSPS) is 13.1. The molecule has 23 heavy (non-hydrogen) atoms. The summed E-state index contributed by atoms with van der Waals surface area (Å²) in [6.45, 7) is 2.79. The molecule has 0 saturated carbocycles. The van der Waals surface area contributed by atoms with Gasteiger partial charge in [-0.3, -0.25) is 9.69 Å². The Hall–Kier alpha value is -1.55. The van der Waals surface area contributed by atoms with Crippen molar-refractivity contribution in [3.8, 4) is 0 Å². The Kier molecular flexibility index (Phi) is 4.62. The van der Waals surface area contributed by atoms with Crippen LogP contribution in [0.1, 0.15) is 12.5 Å². The molecule has 0 radical (unpaired) electrons. The van der Waals surface area contributed by atoms with Crippen molar-refractivity contribution in [2.45, 2.75) is 19.5 Å². The van der Waals surface area contributed by atoms with E-state index in [1.165, 1.54) is 0 Å². The second-order valence-corrected chi connectivity index (χ2v) is 6.57. The van der Waals surface area contributed by atoms with Gasteiger partial charge in [-0.1, -0.05) is 17.7 Å². The number of rotatable bonds is 4. The lowest BCUT2D eigenvalue weighted by Gasteiger charge is -2.22. The third-order valence-corrected chi connectivity index (χ3v) is 4.79. The summed E-state index contributed by atoms with van der Waals surface area (Å²) in [5.41, 5.74) is 2.10. The van der Waals surface area contributed by atoms with Crippen molar-refractivity contribution in [2.75, 3.05) is 12.9 Å². The third-order valence-electron chi connectivity index (χ3n) is 4.10. The van der Waals surface area contributed by atoms with Crippen LogP contribution < -0.4 is 5.43 Å². The minimum absolute atomic E-state index is 0.0344. The smallest absolute Gasteiger partial charge is 0.200 e. The van der Waals surface area contributed by atoms with Gasteiger partial charge < -0.3 is 4.42 Å². The fraction of sp³-hybridized carbons (Fsp3) is 0.278. The molecule has 3 nitrogen and oxygen atoms in total. The summed E-state index contributed by atoms with van der Waals surface area (Å²) < 4.78 is 5.82. The molecule has 0 aliphatic heterocycles. The summed E-state index contributed by atoms with van der Waals surface area (Å²) in [5, 5.41) is 1.68. The van der Waals surface area contributed by atoms with Gasteiger partial charge in [0, 0.05) is 29.6 Å². The van der Waals surface area contributed by atoms with Crippen LogP contribution in [0.4, 0.5) is 0 Å². The molecule has 0 fully saturated rings. The van der Waals surface area contributed by atoms with Gasteiger partial charge in [-0.25, -0.2) is 0 Å². The zero-order valence-electron chi connectivity index (χ0n) is 13.0. The lowest BCUT2D eigenvalue weighted by Crippen LogP contribution is -2.29. The van der Waals surface area contributed by atoms with Crippen LogP contribution in [0.25, 0.3) is 21.9 Å². The molecule has 5 heteroatoms. The molecule has 3 aromatic rings. The second kappa shape index (κ2) is 6.52. The maximum Gasteiger partial charge on any atom is 0.200 e. The van der Waals surface area contributed by atoms with E-state index < -0.39 is 0 Å². The molecule has 0 spiro atoms. The first-order valence-electron chi connectivity index (χ1n) is 7.41. The lowest BCUT2D eigenvalue weighted by atomic mass is 10.1. The Morgan fingerprint density at radius 1 is 1.13 bits per heavy atom. The van der Waals surface area contributed by atoms with E-state index in [-0.39, 0.29) is 11.5 Å². The van der Waals surface area contributed by atoms with Crippen LogP contribution in [0, 0.1) is 0 Å². The van der Waals surface area contributed by atoms with Crippen LogP contribution in [-0.4, -0.2) is 23.9 Å². The SMILES string of the molecule is C[C@@H](CCl)N(C)Cc1ccc2oc3cc(Cl)ccc3c(=O)c2c1. The Bertz CT molecular complexity index is 920. The molecule has 1 heterocycles. The molecule has 0 unspecified atom stereocenters. The van der Waals surface area contributed by atoms with Gasteiger partial charge in [-0.15, -0.1) is 11.6 Å². The highest BCUT2D eigenvalue weighted by Crippen LogP contribution is 2.23. The number of fused-ring (bicyclic) bond motifs is 2. The number of halogens is 2. The molecule has 0 N–H and O–H groups in total. The third kappa shape index (κ3) is 3.23. The minimum Gasteiger partial charge on any atom is -0.456 e. The van der Waals surface area contributed by atoms with E-state index in [9.17, 15) is 4.79 Å². The number of hydrogen-bond donors (Lipinski definition) is 0. The Balaban J connectivity index is 2.09. The molecule has 0 amide bonds. The average Bonchev–Trinajstić information content (AvgIpc) is 2.54. The standard InChI is InChI=1S/C18H17Cl2NO2/c1-11(9-19)21(2)10-12-3-6-16-15(7-12)18(22)14-5-4-13(20)8-17(14)23-16/h3-8,11H,9-10H2,1-2H3/t11-/m0/s1. The van der Waals surface area contributed by atoms with Crippen molar-refractivity contribution in [3.63, 3.8) is 0 Å². The molecule has 0 bridgehead atoms. The van der Waals surface area contributed by atoms with E-state index in [4.69, 9.17) is 27.6 Å². The van der Waals surface area contributed by atoms with Crippen molar-refractivity contribution in [1.29, 1.82) is 0 Å².